The number of unbranched alkanes of at least 4 members (excludes halogenated alkanes) is 9. The number of ether oxygens (including phenoxy) is 1. The molecule has 9 heteroatoms. The van der Waals surface area contributed by atoms with Crippen molar-refractivity contribution < 1.29 is 29.0 Å². The summed E-state index contributed by atoms with van der Waals surface area (Å²) in [7, 11) is 0. The number of hydrogen-bond acceptors (Lipinski definition) is 6. The molecule has 0 spiro atoms. The minimum atomic E-state index is -0.944. The van der Waals surface area contributed by atoms with Crippen molar-refractivity contribution in [2.75, 3.05) is 13.2 Å². The van der Waals surface area contributed by atoms with Crippen LogP contribution in [-0.2, 0) is 23.9 Å². The van der Waals surface area contributed by atoms with Crippen LogP contribution in [0, 0.1) is 0 Å². The Balaban J connectivity index is 0.000000999. The van der Waals surface area contributed by atoms with Gasteiger partial charge in [-0.05, 0) is 45.6 Å². The lowest BCUT2D eigenvalue weighted by molar-refractivity contribution is -0.147. The molecule has 1 saturated heterocycles. The van der Waals surface area contributed by atoms with Crippen LogP contribution in [0.5, 0.6) is 0 Å². The van der Waals surface area contributed by atoms with Crippen LogP contribution in [0.2, 0.25) is 0 Å². The first-order valence-electron chi connectivity index (χ1n) is 13.0. The molecular weight excluding hydrogens is 438 g/mol. The third-order valence-electron chi connectivity index (χ3n) is 5.65. The average Bonchev–Trinajstić information content (AvgIpc) is 3.25. The van der Waals surface area contributed by atoms with Crippen molar-refractivity contribution in [3.63, 3.8) is 0 Å². The molecule has 0 aromatic rings. The molecule has 0 radical (unpaired) electrons. The smallest absolute Gasteiger partial charge is 0.328 e. The van der Waals surface area contributed by atoms with Gasteiger partial charge < -0.3 is 26.2 Å². The summed E-state index contributed by atoms with van der Waals surface area (Å²) in [4.78, 5) is 44.5. The van der Waals surface area contributed by atoms with E-state index < -0.39 is 18.1 Å². The summed E-state index contributed by atoms with van der Waals surface area (Å²) in [6.07, 6.45) is 14.6. The number of carboxylic acids is 1. The third kappa shape index (κ3) is 17.3. The molecule has 0 aromatic carbocycles. The van der Waals surface area contributed by atoms with Gasteiger partial charge >= 0.3 is 11.9 Å². The van der Waals surface area contributed by atoms with Gasteiger partial charge in [0.2, 0.25) is 11.8 Å². The molecule has 2 atom stereocenters. The standard InChI is InChI=1S/C20H40N2O3.C5H7NO3/c1-3-5-6-7-8-9-10-11-12-16-19(23)22-18(15-13-14-17-21)20(24)25-4-2;7-4-2-1-3(6-4)5(8)9/h18H,3-17,21H2,1-2H3,(H,22,23);3H,1-2H2,(H,6,7)(H,8,9)/t18-;/m0./s1. The Morgan fingerprint density at radius 3 is 2.12 bits per heavy atom. The van der Waals surface area contributed by atoms with Crippen molar-refractivity contribution in [3.05, 3.63) is 0 Å². The number of carbonyl (C=O) groups excluding carboxylic acids is 3. The van der Waals surface area contributed by atoms with Crippen LogP contribution < -0.4 is 16.4 Å². The minimum absolute atomic E-state index is 0.0475. The van der Waals surface area contributed by atoms with Crippen LogP contribution in [0.1, 0.15) is 110 Å². The Labute approximate surface area is 204 Å². The van der Waals surface area contributed by atoms with Crippen LogP contribution in [-0.4, -0.2) is 54.1 Å². The number of esters is 1. The number of aliphatic carboxylic acids is 1. The summed E-state index contributed by atoms with van der Waals surface area (Å²) in [5.74, 6) is -1.49. The van der Waals surface area contributed by atoms with Gasteiger partial charge in [0, 0.05) is 12.8 Å². The number of rotatable bonds is 18. The zero-order valence-electron chi connectivity index (χ0n) is 21.2. The first-order chi connectivity index (χ1) is 16.3. The van der Waals surface area contributed by atoms with Crippen molar-refractivity contribution in [1.29, 1.82) is 0 Å². The maximum atomic E-state index is 12.1. The van der Waals surface area contributed by atoms with E-state index in [0.29, 0.717) is 38.8 Å². The van der Waals surface area contributed by atoms with Gasteiger partial charge in [0.1, 0.15) is 12.1 Å². The van der Waals surface area contributed by atoms with Crippen LogP contribution in [0.4, 0.5) is 0 Å². The first-order valence-corrected chi connectivity index (χ1v) is 13.0. The number of hydrogen-bond donors (Lipinski definition) is 4. The Kier molecular flexibility index (Phi) is 20.0. The van der Waals surface area contributed by atoms with Gasteiger partial charge in [0.25, 0.3) is 0 Å². The molecular formula is C25H47N3O6. The van der Waals surface area contributed by atoms with E-state index in [9.17, 15) is 19.2 Å². The summed E-state index contributed by atoms with van der Waals surface area (Å²) in [6.45, 7) is 4.94. The molecule has 0 aromatic heterocycles. The van der Waals surface area contributed by atoms with E-state index in [1.54, 1.807) is 6.92 Å². The Bertz CT molecular complexity index is 585. The summed E-state index contributed by atoms with van der Waals surface area (Å²) in [6, 6.07) is -1.17. The molecule has 0 aliphatic carbocycles. The molecule has 1 rings (SSSR count). The maximum Gasteiger partial charge on any atom is 0.328 e. The highest BCUT2D eigenvalue weighted by Gasteiger charge is 2.26. The highest BCUT2D eigenvalue weighted by molar-refractivity contribution is 5.87. The van der Waals surface area contributed by atoms with Crippen LogP contribution in [0.25, 0.3) is 0 Å². The summed E-state index contributed by atoms with van der Waals surface area (Å²) >= 11 is 0. The fourth-order valence-electron chi connectivity index (χ4n) is 3.65. The number of nitrogens with two attached hydrogens (primary N) is 1. The van der Waals surface area contributed by atoms with Crippen molar-refractivity contribution in [3.8, 4) is 0 Å². The third-order valence-corrected chi connectivity index (χ3v) is 5.65. The summed E-state index contributed by atoms with van der Waals surface area (Å²) < 4.78 is 5.05. The average molecular weight is 486 g/mol. The lowest BCUT2D eigenvalue weighted by Gasteiger charge is -2.17. The predicted molar refractivity (Wildman–Crippen MR) is 132 cm³/mol. The van der Waals surface area contributed by atoms with E-state index in [2.05, 4.69) is 17.6 Å². The quantitative estimate of drug-likeness (QED) is 0.172. The number of amides is 2. The zero-order chi connectivity index (χ0) is 25.6. The van der Waals surface area contributed by atoms with E-state index >= 15 is 0 Å². The largest absolute Gasteiger partial charge is 0.480 e. The van der Waals surface area contributed by atoms with Crippen LogP contribution in [0.15, 0.2) is 0 Å². The van der Waals surface area contributed by atoms with E-state index in [1.165, 1.54) is 44.9 Å². The Morgan fingerprint density at radius 1 is 1.03 bits per heavy atom. The topological polar surface area (TPSA) is 148 Å². The molecule has 1 aliphatic heterocycles. The molecule has 1 aliphatic rings. The van der Waals surface area contributed by atoms with Gasteiger partial charge in [-0.2, -0.15) is 0 Å². The Hall–Kier alpha value is -2.16. The Morgan fingerprint density at radius 2 is 1.65 bits per heavy atom. The van der Waals surface area contributed by atoms with Crippen molar-refractivity contribution in [2.24, 2.45) is 5.73 Å². The van der Waals surface area contributed by atoms with Crippen molar-refractivity contribution in [2.45, 2.75) is 122 Å². The van der Waals surface area contributed by atoms with Gasteiger partial charge in [-0.25, -0.2) is 9.59 Å². The van der Waals surface area contributed by atoms with Crippen LogP contribution >= 0.6 is 0 Å². The molecule has 2 amide bonds. The molecule has 1 fully saturated rings. The van der Waals surface area contributed by atoms with Crippen LogP contribution in [0.3, 0.4) is 0 Å². The number of carbonyl (C=O) groups is 4. The molecule has 34 heavy (non-hydrogen) atoms. The molecule has 0 saturated carbocycles. The number of nitrogens with one attached hydrogen (secondary N) is 2. The van der Waals surface area contributed by atoms with E-state index in [1.807, 2.05) is 0 Å². The second-order valence-corrected chi connectivity index (χ2v) is 8.73. The molecule has 0 bridgehead atoms. The van der Waals surface area contributed by atoms with Gasteiger partial charge in [-0.15, -0.1) is 0 Å². The molecule has 9 nitrogen and oxygen atoms in total. The molecule has 1 heterocycles. The molecule has 1 unspecified atom stereocenters. The first kappa shape index (κ1) is 31.8. The second kappa shape index (κ2) is 21.4. The van der Waals surface area contributed by atoms with Gasteiger partial charge in [-0.3, -0.25) is 9.59 Å². The predicted octanol–water partition coefficient (Wildman–Crippen LogP) is 3.43. The van der Waals surface area contributed by atoms with Gasteiger partial charge in [0.05, 0.1) is 6.61 Å². The zero-order valence-corrected chi connectivity index (χ0v) is 21.2. The summed E-state index contributed by atoms with van der Waals surface area (Å²) in [5.41, 5.74) is 5.49. The van der Waals surface area contributed by atoms with Crippen molar-refractivity contribution in [1.82, 2.24) is 10.6 Å². The molecule has 198 valence electrons. The van der Waals surface area contributed by atoms with E-state index in [0.717, 1.165) is 25.7 Å². The van der Waals surface area contributed by atoms with Gasteiger partial charge in [-0.1, -0.05) is 58.3 Å². The normalized spacial score (nSPS) is 15.6. The molecule has 5 N–H and O–H groups in total. The fourth-order valence-corrected chi connectivity index (χ4v) is 3.65. The van der Waals surface area contributed by atoms with Crippen molar-refractivity contribution >= 4 is 23.8 Å². The monoisotopic (exact) mass is 485 g/mol. The maximum absolute atomic E-state index is 12.1. The summed E-state index contributed by atoms with van der Waals surface area (Å²) in [5, 5.41) is 13.5. The SMILES string of the molecule is CCCCCCCCCCCC(=O)N[C@@H](CCCCN)C(=O)OCC.O=C1CCC(C(=O)O)N1. The van der Waals surface area contributed by atoms with E-state index in [4.69, 9.17) is 15.6 Å². The second-order valence-electron chi connectivity index (χ2n) is 8.73. The van der Waals surface area contributed by atoms with Gasteiger partial charge in [0.15, 0.2) is 0 Å². The highest BCUT2D eigenvalue weighted by atomic mass is 16.5. The lowest BCUT2D eigenvalue weighted by Crippen LogP contribution is -2.41. The fraction of sp³-hybridized carbons (Fsp3) is 0.840. The van der Waals surface area contributed by atoms with E-state index in [-0.39, 0.29) is 17.8 Å². The highest BCUT2D eigenvalue weighted by Crippen LogP contribution is 2.11. The minimum Gasteiger partial charge on any atom is -0.480 e. The lowest BCUT2D eigenvalue weighted by atomic mass is 10.1. The number of carboxylic acid groups (broad SMARTS) is 1.